The van der Waals surface area contributed by atoms with E-state index in [0.29, 0.717) is 11.0 Å². The molecule has 1 aliphatic rings. The third kappa shape index (κ3) is 0.921. The van der Waals surface area contributed by atoms with Crippen molar-refractivity contribution in [2.24, 2.45) is 0 Å². The minimum atomic E-state index is 0.0159. The fourth-order valence-corrected chi connectivity index (χ4v) is 1.95. The Bertz CT molecular complexity index is 539. The van der Waals surface area contributed by atoms with E-state index in [2.05, 4.69) is 15.2 Å². The van der Waals surface area contributed by atoms with Crippen LogP contribution in [-0.2, 0) is 13.0 Å². The van der Waals surface area contributed by atoms with E-state index in [-0.39, 0.29) is 5.56 Å². The highest BCUT2D eigenvalue weighted by molar-refractivity contribution is 5.71. The van der Waals surface area contributed by atoms with Gasteiger partial charge in [0.05, 0.1) is 6.20 Å². The molecule has 0 bridgehead atoms. The van der Waals surface area contributed by atoms with Crippen molar-refractivity contribution in [3.63, 3.8) is 0 Å². The van der Waals surface area contributed by atoms with E-state index in [1.54, 1.807) is 10.8 Å². The van der Waals surface area contributed by atoms with Crippen molar-refractivity contribution in [2.75, 3.05) is 0 Å². The SMILES string of the molecule is O=c1c2[nH]ncc2nc2n1CCCC2. The van der Waals surface area contributed by atoms with Gasteiger partial charge < -0.3 is 0 Å². The van der Waals surface area contributed by atoms with Gasteiger partial charge in [-0.15, -0.1) is 0 Å². The van der Waals surface area contributed by atoms with Gasteiger partial charge in [-0.05, 0) is 12.8 Å². The second-order valence-electron chi connectivity index (χ2n) is 3.57. The number of fused-ring (bicyclic) bond motifs is 2. The first-order chi connectivity index (χ1) is 6.86. The molecule has 3 rings (SSSR count). The second kappa shape index (κ2) is 2.67. The molecule has 0 aliphatic carbocycles. The zero-order chi connectivity index (χ0) is 9.54. The molecule has 3 heterocycles. The van der Waals surface area contributed by atoms with Crippen molar-refractivity contribution >= 4 is 11.0 Å². The average molecular weight is 190 g/mol. The molecule has 0 atom stereocenters. The summed E-state index contributed by atoms with van der Waals surface area (Å²) in [5, 5.41) is 6.52. The number of H-pyrrole nitrogens is 1. The van der Waals surface area contributed by atoms with Gasteiger partial charge in [0.25, 0.3) is 5.56 Å². The summed E-state index contributed by atoms with van der Waals surface area (Å²) in [5.74, 6) is 0.898. The van der Waals surface area contributed by atoms with Gasteiger partial charge in [-0.3, -0.25) is 14.5 Å². The molecule has 0 unspecified atom stereocenters. The number of hydrogen-bond donors (Lipinski definition) is 1. The minimum Gasteiger partial charge on any atom is -0.295 e. The van der Waals surface area contributed by atoms with Crippen LogP contribution in [0.25, 0.3) is 11.0 Å². The zero-order valence-electron chi connectivity index (χ0n) is 7.66. The van der Waals surface area contributed by atoms with Crippen molar-refractivity contribution in [3.8, 4) is 0 Å². The standard InChI is InChI=1S/C9H10N4O/c14-9-8-6(5-10-12-8)11-7-3-1-2-4-13(7)9/h5H,1-4H2,(H,10,12). The third-order valence-electron chi connectivity index (χ3n) is 2.67. The number of rotatable bonds is 0. The molecule has 0 aromatic carbocycles. The molecule has 2 aromatic rings. The Morgan fingerprint density at radius 2 is 2.36 bits per heavy atom. The molecule has 1 aliphatic heterocycles. The van der Waals surface area contributed by atoms with Crippen LogP contribution in [0.2, 0.25) is 0 Å². The van der Waals surface area contributed by atoms with Crippen LogP contribution < -0.4 is 5.56 Å². The summed E-state index contributed by atoms with van der Waals surface area (Å²) in [7, 11) is 0. The van der Waals surface area contributed by atoms with E-state index >= 15 is 0 Å². The number of nitrogens with zero attached hydrogens (tertiary/aromatic N) is 3. The van der Waals surface area contributed by atoms with Crippen LogP contribution in [0.4, 0.5) is 0 Å². The van der Waals surface area contributed by atoms with Crippen molar-refractivity contribution < 1.29 is 0 Å². The fraction of sp³-hybridized carbons (Fsp3) is 0.444. The molecule has 72 valence electrons. The molecule has 0 fully saturated rings. The average Bonchev–Trinajstić information content (AvgIpc) is 2.66. The minimum absolute atomic E-state index is 0.0159. The maximum absolute atomic E-state index is 11.9. The van der Waals surface area contributed by atoms with Crippen molar-refractivity contribution in [1.82, 2.24) is 19.7 Å². The fourth-order valence-electron chi connectivity index (χ4n) is 1.95. The van der Waals surface area contributed by atoms with Crippen LogP contribution in [0, 0.1) is 0 Å². The van der Waals surface area contributed by atoms with Gasteiger partial charge in [-0.1, -0.05) is 0 Å². The first-order valence-corrected chi connectivity index (χ1v) is 4.79. The van der Waals surface area contributed by atoms with Crippen LogP contribution in [0.3, 0.4) is 0 Å². The lowest BCUT2D eigenvalue weighted by Gasteiger charge is -2.16. The molecule has 1 N–H and O–H groups in total. The smallest absolute Gasteiger partial charge is 0.279 e. The predicted molar refractivity (Wildman–Crippen MR) is 51.1 cm³/mol. The molecule has 5 heteroatoms. The topological polar surface area (TPSA) is 63.6 Å². The van der Waals surface area contributed by atoms with E-state index in [4.69, 9.17) is 0 Å². The first kappa shape index (κ1) is 7.73. The number of aryl methyl sites for hydroxylation is 1. The first-order valence-electron chi connectivity index (χ1n) is 4.79. The summed E-state index contributed by atoms with van der Waals surface area (Å²) in [6.45, 7) is 0.788. The van der Waals surface area contributed by atoms with Crippen molar-refractivity contribution in [2.45, 2.75) is 25.8 Å². The van der Waals surface area contributed by atoms with Crippen LogP contribution in [0.15, 0.2) is 11.0 Å². The van der Waals surface area contributed by atoms with Gasteiger partial charge >= 0.3 is 0 Å². The van der Waals surface area contributed by atoms with E-state index in [9.17, 15) is 4.79 Å². The van der Waals surface area contributed by atoms with Crippen LogP contribution in [0.1, 0.15) is 18.7 Å². The Kier molecular flexibility index (Phi) is 1.47. The number of aromatic amines is 1. The van der Waals surface area contributed by atoms with Gasteiger partial charge in [-0.2, -0.15) is 5.10 Å². The highest BCUT2D eigenvalue weighted by atomic mass is 16.1. The maximum atomic E-state index is 11.9. The van der Waals surface area contributed by atoms with E-state index in [1.165, 1.54) is 0 Å². The van der Waals surface area contributed by atoms with Gasteiger partial charge in [0.1, 0.15) is 16.9 Å². The van der Waals surface area contributed by atoms with Gasteiger partial charge in [0, 0.05) is 13.0 Å². The molecule has 2 aromatic heterocycles. The summed E-state index contributed by atoms with van der Waals surface area (Å²) in [5.41, 5.74) is 1.22. The van der Waals surface area contributed by atoms with Gasteiger partial charge in [-0.25, -0.2) is 4.98 Å². The van der Waals surface area contributed by atoms with Crippen LogP contribution in [-0.4, -0.2) is 19.7 Å². The maximum Gasteiger partial charge on any atom is 0.279 e. The molecule has 0 saturated heterocycles. The summed E-state index contributed by atoms with van der Waals surface area (Å²) in [6, 6.07) is 0. The number of aromatic nitrogens is 4. The molecule has 14 heavy (non-hydrogen) atoms. The normalized spacial score (nSPS) is 15.7. The lowest BCUT2D eigenvalue weighted by Crippen LogP contribution is -2.28. The lowest BCUT2D eigenvalue weighted by atomic mass is 10.1. The third-order valence-corrected chi connectivity index (χ3v) is 2.67. The second-order valence-corrected chi connectivity index (χ2v) is 3.57. The van der Waals surface area contributed by atoms with Crippen molar-refractivity contribution in [1.29, 1.82) is 0 Å². The summed E-state index contributed by atoms with van der Waals surface area (Å²) in [4.78, 5) is 16.3. The van der Waals surface area contributed by atoms with Gasteiger partial charge in [0.2, 0.25) is 0 Å². The van der Waals surface area contributed by atoms with Gasteiger partial charge in [0.15, 0.2) is 0 Å². The Hall–Kier alpha value is -1.65. The Morgan fingerprint density at radius 3 is 3.29 bits per heavy atom. The van der Waals surface area contributed by atoms with E-state index in [0.717, 1.165) is 31.6 Å². The van der Waals surface area contributed by atoms with Crippen LogP contribution >= 0.6 is 0 Å². The molecule has 5 nitrogen and oxygen atoms in total. The quantitative estimate of drug-likeness (QED) is 0.656. The number of hydrogen-bond acceptors (Lipinski definition) is 3. The van der Waals surface area contributed by atoms with E-state index < -0.39 is 0 Å². The molecular weight excluding hydrogens is 180 g/mol. The highest BCUT2D eigenvalue weighted by Gasteiger charge is 2.14. The van der Waals surface area contributed by atoms with Crippen molar-refractivity contribution in [3.05, 3.63) is 22.4 Å². The monoisotopic (exact) mass is 190 g/mol. The molecule has 0 saturated carbocycles. The molecule has 0 spiro atoms. The molecule has 0 amide bonds. The Balaban J connectivity index is 2.42. The largest absolute Gasteiger partial charge is 0.295 e. The molecular formula is C9H10N4O. The summed E-state index contributed by atoms with van der Waals surface area (Å²) >= 11 is 0. The lowest BCUT2D eigenvalue weighted by molar-refractivity contribution is 0.500. The summed E-state index contributed by atoms with van der Waals surface area (Å²) < 4.78 is 1.75. The zero-order valence-corrected chi connectivity index (χ0v) is 7.66. The predicted octanol–water partition coefficient (Wildman–Crippen LogP) is 0.456. The Morgan fingerprint density at radius 1 is 1.43 bits per heavy atom. The summed E-state index contributed by atoms with van der Waals surface area (Å²) in [6.07, 6.45) is 4.69. The molecule has 0 radical (unpaired) electrons. The highest BCUT2D eigenvalue weighted by Crippen LogP contribution is 2.12. The van der Waals surface area contributed by atoms with Crippen LogP contribution in [0.5, 0.6) is 0 Å². The number of nitrogens with one attached hydrogen (secondary N) is 1. The van der Waals surface area contributed by atoms with E-state index in [1.807, 2.05) is 0 Å². The Labute approximate surface area is 79.8 Å².